The van der Waals surface area contributed by atoms with Crippen molar-refractivity contribution >= 4 is 46.8 Å². The van der Waals surface area contributed by atoms with Crippen LogP contribution in [0.25, 0.3) is 6.08 Å². The van der Waals surface area contributed by atoms with E-state index in [1.165, 1.54) is 12.1 Å². The van der Waals surface area contributed by atoms with Crippen molar-refractivity contribution in [1.82, 2.24) is 0 Å². The van der Waals surface area contributed by atoms with E-state index in [0.717, 1.165) is 18.2 Å². The molecule has 0 aliphatic heterocycles. The number of rotatable bonds is 5. The van der Waals surface area contributed by atoms with Gasteiger partial charge in [-0.05, 0) is 35.9 Å². The Morgan fingerprint density at radius 1 is 1.12 bits per heavy atom. The zero-order chi connectivity index (χ0) is 18.4. The summed E-state index contributed by atoms with van der Waals surface area (Å²) in [5, 5.41) is 2.97. The Morgan fingerprint density at radius 2 is 1.88 bits per heavy atom. The molecule has 0 atom stereocenters. The van der Waals surface area contributed by atoms with E-state index in [9.17, 15) is 18.4 Å². The molecule has 2 aromatic rings. The Labute approximate surface area is 152 Å². The molecule has 0 aliphatic carbocycles. The zero-order valence-corrected chi connectivity index (χ0v) is 14.1. The minimum Gasteiger partial charge on any atom is -0.452 e. The maximum atomic E-state index is 13.4. The van der Waals surface area contributed by atoms with Crippen LogP contribution in [0.4, 0.5) is 14.5 Å². The number of halogens is 4. The van der Waals surface area contributed by atoms with E-state index in [2.05, 4.69) is 5.32 Å². The summed E-state index contributed by atoms with van der Waals surface area (Å²) >= 11 is 11.7. The Morgan fingerprint density at radius 3 is 2.56 bits per heavy atom. The lowest BCUT2D eigenvalue weighted by Crippen LogP contribution is -2.20. The van der Waals surface area contributed by atoms with Gasteiger partial charge in [0, 0.05) is 22.2 Å². The molecular weight excluding hydrogens is 375 g/mol. The van der Waals surface area contributed by atoms with Gasteiger partial charge in [-0.25, -0.2) is 13.6 Å². The fourth-order valence-electron chi connectivity index (χ4n) is 1.76. The van der Waals surface area contributed by atoms with E-state index < -0.39 is 30.1 Å². The van der Waals surface area contributed by atoms with Gasteiger partial charge in [0.05, 0.1) is 5.69 Å². The van der Waals surface area contributed by atoms with Crippen LogP contribution in [-0.4, -0.2) is 18.5 Å². The highest BCUT2D eigenvalue weighted by molar-refractivity contribution is 6.35. The average molecular weight is 386 g/mol. The summed E-state index contributed by atoms with van der Waals surface area (Å²) in [6.07, 6.45) is 2.49. The molecule has 0 unspecified atom stereocenters. The van der Waals surface area contributed by atoms with Crippen LogP contribution in [0.15, 0.2) is 42.5 Å². The van der Waals surface area contributed by atoms with Gasteiger partial charge in [0.2, 0.25) is 0 Å². The molecule has 25 heavy (non-hydrogen) atoms. The molecule has 0 bridgehead atoms. The van der Waals surface area contributed by atoms with Crippen molar-refractivity contribution in [3.05, 3.63) is 69.7 Å². The highest BCUT2D eigenvalue weighted by atomic mass is 35.5. The number of esters is 1. The summed E-state index contributed by atoms with van der Waals surface area (Å²) in [6, 6.07) is 7.40. The molecule has 0 aliphatic rings. The molecule has 1 amide bonds. The van der Waals surface area contributed by atoms with E-state index in [0.29, 0.717) is 21.7 Å². The Bertz CT molecular complexity index is 841. The van der Waals surface area contributed by atoms with Crippen LogP contribution in [0.5, 0.6) is 0 Å². The van der Waals surface area contributed by atoms with Gasteiger partial charge in [0.15, 0.2) is 6.61 Å². The largest absolute Gasteiger partial charge is 0.452 e. The first kappa shape index (κ1) is 18.9. The minimum atomic E-state index is -0.933. The fourth-order valence-corrected chi connectivity index (χ4v) is 2.23. The fraction of sp³-hybridized carbons (Fsp3) is 0.0588. The average Bonchev–Trinajstić information content (AvgIpc) is 2.55. The molecule has 0 spiro atoms. The van der Waals surface area contributed by atoms with E-state index in [1.807, 2.05) is 0 Å². The lowest BCUT2D eigenvalue weighted by Gasteiger charge is -2.06. The van der Waals surface area contributed by atoms with Crippen molar-refractivity contribution in [2.24, 2.45) is 0 Å². The monoisotopic (exact) mass is 385 g/mol. The predicted molar refractivity (Wildman–Crippen MR) is 91.4 cm³/mol. The number of benzene rings is 2. The number of hydrogen-bond acceptors (Lipinski definition) is 3. The second kappa shape index (κ2) is 8.60. The third-order valence-corrected chi connectivity index (χ3v) is 3.47. The molecule has 0 saturated carbocycles. The van der Waals surface area contributed by atoms with Crippen LogP contribution < -0.4 is 5.32 Å². The van der Waals surface area contributed by atoms with Crippen molar-refractivity contribution in [2.75, 3.05) is 11.9 Å². The Kier molecular flexibility index (Phi) is 6.50. The van der Waals surface area contributed by atoms with Crippen molar-refractivity contribution in [3.63, 3.8) is 0 Å². The lowest BCUT2D eigenvalue weighted by atomic mass is 10.2. The SMILES string of the molecule is O=C(COC(=O)/C=C/c1ccc(Cl)cc1Cl)Nc1ccc(F)cc1F. The smallest absolute Gasteiger partial charge is 0.331 e. The molecule has 0 radical (unpaired) electrons. The van der Waals surface area contributed by atoms with Gasteiger partial charge in [0.1, 0.15) is 11.6 Å². The van der Waals surface area contributed by atoms with Gasteiger partial charge in [-0.3, -0.25) is 4.79 Å². The molecule has 4 nitrogen and oxygen atoms in total. The zero-order valence-electron chi connectivity index (χ0n) is 12.6. The first-order valence-corrected chi connectivity index (χ1v) is 7.65. The van der Waals surface area contributed by atoms with Crippen molar-refractivity contribution in [2.45, 2.75) is 0 Å². The summed E-state index contributed by atoms with van der Waals surface area (Å²) in [6.45, 7) is -0.631. The quantitative estimate of drug-likeness (QED) is 0.610. The summed E-state index contributed by atoms with van der Waals surface area (Å²) in [4.78, 5) is 23.2. The molecule has 2 aromatic carbocycles. The molecule has 0 aromatic heterocycles. The van der Waals surface area contributed by atoms with Crippen LogP contribution in [-0.2, 0) is 14.3 Å². The molecule has 130 valence electrons. The van der Waals surface area contributed by atoms with Gasteiger partial charge in [-0.1, -0.05) is 29.3 Å². The topological polar surface area (TPSA) is 55.4 Å². The van der Waals surface area contributed by atoms with Gasteiger partial charge < -0.3 is 10.1 Å². The summed E-state index contributed by atoms with van der Waals surface area (Å²) in [5.74, 6) is -3.26. The van der Waals surface area contributed by atoms with Crippen molar-refractivity contribution in [1.29, 1.82) is 0 Å². The van der Waals surface area contributed by atoms with Gasteiger partial charge >= 0.3 is 5.97 Å². The van der Waals surface area contributed by atoms with Crippen LogP contribution in [0.1, 0.15) is 5.56 Å². The number of carbonyl (C=O) groups excluding carboxylic acids is 2. The van der Waals surface area contributed by atoms with Gasteiger partial charge in [0.25, 0.3) is 5.91 Å². The summed E-state index contributed by atoms with van der Waals surface area (Å²) in [5.41, 5.74) is 0.326. The first-order chi connectivity index (χ1) is 11.8. The van der Waals surface area contributed by atoms with E-state index in [-0.39, 0.29) is 5.69 Å². The number of amides is 1. The second-order valence-corrected chi connectivity index (χ2v) is 5.62. The van der Waals surface area contributed by atoms with Gasteiger partial charge in [-0.2, -0.15) is 0 Å². The third kappa shape index (κ3) is 5.85. The predicted octanol–water partition coefficient (Wildman–Crippen LogP) is 4.47. The number of anilines is 1. The second-order valence-electron chi connectivity index (χ2n) is 4.78. The van der Waals surface area contributed by atoms with Crippen molar-refractivity contribution in [3.8, 4) is 0 Å². The minimum absolute atomic E-state index is 0.217. The normalized spacial score (nSPS) is 10.7. The summed E-state index contributed by atoms with van der Waals surface area (Å²) in [7, 11) is 0. The van der Waals surface area contributed by atoms with E-state index >= 15 is 0 Å². The lowest BCUT2D eigenvalue weighted by molar-refractivity contribution is -0.142. The van der Waals surface area contributed by atoms with Crippen LogP contribution in [0.3, 0.4) is 0 Å². The molecule has 0 fully saturated rings. The number of ether oxygens (including phenoxy) is 1. The highest BCUT2D eigenvalue weighted by Gasteiger charge is 2.10. The van der Waals surface area contributed by atoms with E-state index in [1.54, 1.807) is 12.1 Å². The first-order valence-electron chi connectivity index (χ1n) is 6.90. The third-order valence-electron chi connectivity index (χ3n) is 2.91. The maximum absolute atomic E-state index is 13.4. The van der Waals surface area contributed by atoms with Crippen LogP contribution in [0, 0.1) is 11.6 Å². The number of hydrogen-bond donors (Lipinski definition) is 1. The molecule has 0 saturated heterocycles. The highest BCUT2D eigenvalue weighted by Crippen LogP contribution is 2.22. The van der Waals surface area contributed by atoms with Crippen molar-refractivity contribution < 1.29 is 23.1 Å². The maximum Gasteiger partial charge on any atom is 0.331 e. The standard InChI is InChI=1S/C17H11Cl2F2NO3/c18-11-3-1-10(13(19)7-11)2-6-17(24)25-9-16(23)22-15-5-4-12(20)8-14(15)21/h1-8H,9H2,(H,22,23)/b6-2+. The molecule has 0 heterocycles. The number of nitrogens with one attached hydrogen (secondary N) is 1. The number of carbonyl (C=O) groups is 2. The molecule has 8 heteroatoms. The molecule has 2 rings (SSSR count). The van der Waals surface area contributed by atoms with E-state index in [4.69, 9.17) is 27.9 Å². The summed E-state index contributed by atoms with van der Waals surface area (Å²) < 4.78 is 30.9. The molecular formula is C17H11Cl2F2NO3. The Hall–Kier alpha value is -2.44. The molecule has 1 N–H and O–H groups in total. The van der Waals surface area contributed by atoms with Gasteiger partial charge in [-0.15, -0.1) is 0 Å². The van der Waals surface area contributed by atoms with Crippen LogP contribution >= 0.6 is 23.2 Å². The van der Waals surface area contributed by atoms with Crippen LogP contribution in [0.2, 0.25) is 10.0 Å². The Balaban J connectivity index is 1.86.